The van der Waals surface area contributed by atoms with Crippen molar-refractivity contribution in [1.29, 1.82) is 0 Å². The number of thioether (sulfide) groups is 1. The smallest absolute Gasteiger partial charge is 0.308 e. The molecule has 1 radical (unpaired) electrons. The van der Waals surface area contributed by atoms with Crippen molar-refractivity contribution in [2.45, 2.75) is 55.9 Å². The minimum Gasteiger partial charge on any atom is -0.486 e. The van der Waals surface area contributed by atoms with Crippen LogP contribution in [-0.2, 0) is 9.59 Å². The van der Waals surface area contributed by atoms with Crippen LogP contribution in [0.15, 0.2) is 83.1 Å². The van der Waals surface area contributed by atoms with E-state index in [9.17, 15) is 9.59 Å². The second kappa shape index (κ2) is 13.1. The summed E-state index contributed by atoms with van der Waals surface area (Å²) in [4.78, 5) is 28.3. The zero-order chi connectivity index (χ0) is 31.4. The summed E-state index contributed by atoms with van der Waals surface area (Å²) in [6.07, 6.45) is 3.36. The highest BCUT2D eigenvalue weighted by Crippen LogP contribution is 2.34. The number of nitrogens with zero attached hydrogens (tertiary/aromatic N) is 7. The highest BCUT2D eigenvalue weighted by Gasteiger charge is 2.42. The molecule has 6 rings (SSSR count). The lowest BCUT2D eigenvalue weighted by atomic mass is 9.69. The van der Waals surface area contributed by atoms with Gasteiger partial charge < -0.3 is 14.9 Å². The van der Waals surface area contributed by atoms with E-state index in [4.69, 9.17) is 9.84 Å². The van der Waals surface area contributed by atoms with E-state index in [2.05, 4.69) is 25.7 Å². The number of aldehydes is 1. The number of amides is 1. The number of para-hydroxylation sites is 1. The van der Waals surface area contributed by atoms with Gasteiger partial charge in [-0.15, -0.1) is 5.10 Å². The molecule has 1 aromatic heterocycles. The summed E-state index contributed by atoms with van der Waals surface area (Å²) >= 11 is 1.30. The van der Waals surface area contributed by atoms with E-state index < -0.39 is 10.8 Å². The zero-order valence-electron chi connectivity index (χ0n) is 25.5. The minimum atomic E-state index is -1.15. The van der Waals surface area contributed by atoms with Crippen LogP contribution in [0.25, 0.3) is 5.69 Å². The average molecular weight is 622 g/mol. The van der Waals surface area contributed by atoms with Gasteiger partial charge in [-0.25, -0.2) is 0 Å². The molecule has 2 unspecified atom stereocenters. The molecular weight excluding hydrogens is 587 g/mol. The molecule has 3 heterocycles. The molecule has 13 heteroatoms. The van der Waals surface area contributed by atoms with Gasteiger partial charge in [0.05, 0.1) is 11.4 Å². The zero-order valence-corrected chi connectivity index (χ0v) is 26.3. The number of hydrogen-bond acceptors (Lipinski definition) is 10. The van der Waals surface area contributed by atoms with Crippen LogP contribution in [0.3, 0.4) is 0 Å². The molecule has 1 fully saturated rings. The Labute approximate surface area is 267 Å². The summed E-state index contributed by atoms with van der Waals surface area (Å²) in [5.74, 6) is 1.21. The Bertz CT molecular complexity index is 1690. The fourth-order valence-electron chi connectivity index (χ4n) is 5.35. The number of rotatable bonds is 11. The quantitative estimate of drug-likeness (QED) is 0.189. The van der Waals surface area contributed by atoms with Crippen LogP contribution in [-0.4, -0.2) is 74.4 Å². The molecule has 45 heavy (non-hydrogen) atoms. The molecule has 1 saturated heterocycles. The summed E-state index contributed by atoms with van der Waals surface area (Å²) in [6.45, 7) is 7.58. The number of tetrazole rings is 1. The maximum Gasteiger partial charge on any atom is 0.308 e. The number of likely N-dealkylation sites (tertiary alicyclic amines) is 1. The Hall–Kier alpha value is -4.65. The van der Waals surface area contributed by atoms with Gasteiger partial charge >= 0.3 is 7.41 Å². The third-order valence-electron chi connectivity index (χ3n) is 7.94. The van der Waals surface area contributed by atoms with Gasteiger partial charge in [0, 0.05) is 18.8 Å². The fourth-order valence-corrected chi connectivity index (χ4v) is 6.38. The van der Waals surface area contributed by atoms with E-state index in [1.54, 1.807) is 12.1 Å². The molecule has 3 aromatic carbocycles. The first-order chi connectivity index (χ1) is 21.9. The topological polar surface area (TPSA) is 118 Å². The first kappa shape index (κ1) is 30.4. The molecule has 1 amide bonds. The number of nitrogens with one attached hydrogen (secondary N) is 1. The monoisotopic (exact) mass is 621 g/mol. The van der Waals surface area contributed by atoms with Gasteiger partial charge in [0.1, 0.15) is 11.6 Å². The van der Waals surface area contributed by atoms with Crippen molar-refractivity contribution in [3.63, 3.8) is 0 Å². The van der Waals surface area contributed by atoms with E-state index in [0.717, 1.165) is 54.7 Å². The number of carbonyl (C=O) groups excluding carboxylic acids is 2. The van der Waals surface area contributed by atoms with Crippen LogP contribution >= 0.6 is 11.8 Å². The lowest BCUT2D eigenvalue weighted by molar-refractivity contribution is -0.117. The van der Waals surface area contributed by atoms with Crippen LogP contribution in [0, 0.1) is 13.8 Å². The standard InChI is InChI=1S/C32H34BN8O3S/c1-4-32(21-42,44-27-17-12-22(2)20-23(27)3)33-34-24-13-15-26(16-14-24)40-30(43)28(29(36-40)39-18-8-9-19-39)45-31-35-37-38-41(31)25-10-6-5-7-11-25/h5-7,10-17,20-21,28,34H,4,8-9,18-19H2,1-3H3. The molecule has 0 spiro atoms. The first-order valence-electron chi connectivity index (χ1n) is 15.0. The van der Waals surface area contributed by atoms with E-state index in [-0.39, 0.29) is 5.91 Å². The Kier molecular flexibility index (Phi) is 8.88. The first-order valence-corrected chi connectivity index (χ1v) is 15.9. The summed E-state index contributed by atoms with van der Waals surface area (Å²) in [5, 5.41) is 21.7. The molecule has 2 aliphatic heterocycles. The summed E-state index contributed by atoms with van der Waals surface area (Å²) in [5.41, 5.74) is 3.12. The molecule has 0 bridgehead atoms. The van der Waals surface area contributed by atoms with Crippen molar-refractivity contribution < 1.29 is 14.3 Å². The summed E-state index contributed by atoms with van der Waals surface area (Å²) in [6, 6.07) is 22.8. The molecule has 11 nitrogen and oxygen atoms in total. The Morgan fingerprint density at radius 2 is 1.80 bits per heavy atom. The van der Waals surface area contributed by atoms with Gasteiger partial charge in [0.25, 0.3) is 5.91 Å². The number of anilines is 2. The van der Waals surface area contributed by atoms with E-state index in [1.807, 2.05) is 93.6 Å². The fraction of sp³-hybridized carbons (Fsp3) is 0.312. The number of aryl methyl sites for hydroxylation is 2. The van der Waals surface area contributed by atoms with Crippen molar-refractivity contribution >= 4 is 48.6 Å². The number of ether oxygens (including phenoxy) is 1. The summed E-state index contributed by atoms with van der Waals surface area (Å²) < 4.78 is 7.84. The van der Waals surface area contributed by atoms with E-state index in [0.29, 0.717) is 28.8 Å². The average Bonchev–Trinajstić information content (AvgIpc) is 3.83. The maximum absolute atomic E-state index is 13.9. The predicted octanol–water partition coefficient (Wildman–Crippen LogP) is 4.61. The van der Waals surface area contributed by atoms with Gasteiger partial charge in [0.15, 0.2) is 17.0 Å². The second-order valence-corrected chi connectivity index (χ2v) is 12.2. The number of hydrogen-bond donors (Lipinski definition) is 1. The third kappa shape index (κ3) is 6.44. The van der Waals surface area contributed by atoms with Crippen LogP contribution in [0.2, 0.25) is 0 Å². The SMILES string of the molecule is CCC([B]Nc1ccc(N2N=C(N3CCCC3)C(Sc3nnnn3-c3ccccc3)C2=O)cc1)(C=O)Oc1ccc(C)cc1C. The highest BCUT2D eigenvalue weighted by atomic mass is 32.2. The van der Waals surface area contributed by atoms with Crippen molar-refractivity contribution in [1.82, 2.24) is 25.1 Å². The molecule has 1 N–H and O–H groups in total. The van der Waals surface area contributed by atoms with Gasteiger partial charge in [-0.2, -0.15) is 14.8 Å². The van der Waals surface area contributed by atoms with E-state index in [1.165, 1.54) is 16.8 Å². The maximum atomic E-state index is 13.9. The van der Waals surface area contributed by atoms with Crippen molar-refractivity contribution in [3.05, 3.63) is 83.9 Å². The van der Waals surface area contributed by atoms with Crippen LogP contribution in [0.5, 0.6) is 5.75 Å². The molecule has 0 saturated carbocycles. The second-order valence-electron chi connectivity index (χ2n) is 11.1. The molecule has 229 valence electrons. The lowest BCUT2D eigenvalue weighted by Gasteiger charge is -2.28. The lowest BCUT2D eigenvalue weighted by Crippen LogP contribution is -2.47. The Morgan fingerprint density at radius 3 is 2.49 bits per heavy atom. The Morgan fingerprint density at radius 1 is 1.04 bits per heavy atom. The summed E-state index contributed by atoms with van der Waals surface area (Å²) in [7, 11) is 1.67. The van der Waals surface area contributed by atoms with Crippen LogP contribution < -0.4 is 15.0 Å². The van der Waals surface area contributed by atoms with E-state index >= 15 is 0 Å². The number of carbonyl (C=O) groups is 2. The largest absolute Gasteiger partial charge is 0.486 e. The van der Waals surface area contributed by atoms with Crippen LogP contribution in [0.4, 0.5) is 11.4 Å². The molecule has 2 atom stereocenters. The molecule has 2 aliphatic rings. The van der Waals surface area contributed by atoms with Gasteiger partial charge in [-0.1, -0.05) is 54.6 Å². The van der Waals surface area contributed by atoms with Crippen LogP contribution in [0.1, 0.15) is 37.3 Å². The van der Waals surface area contributed by atoms with Gasteiger partial charge in [-0.3, -0.25) is 9.59 Å². The highest BCUT2D eigenvalue weighted by molar-refractivity contribution is 8.01. The molecule has 0 aliphatic carbocycles. The van der Waals surface area contributed by atoms with Gasteiger partial charge in [0.2, 0.25) is 5.16 Å². The normalized spacial score (nSPS) is 17.6. The van der Waals surface area contributed by atoms with Crippen molar-refractivity contribution in [2.24, 2.45) is 5.10 Å². The predicted molar refractivity (Wildman–Crippen MR) is 176 cm³/mol. The third-order valence-corrected chi connectivity index (χ3v) is 9.06. The van der Waals surface area contributed by atoms with Crippen molar-refractivity contribution in [3.8, 4) is 11.4 Å². The number of hydrazone groups is 1. The minimum absolute atomic E-state index is 0.162. The van der Waals surface area contributed by atoms with Crippen molar-refractivity contribution in [2.75, 3.05) is 23.3 Å². The molecular formula is C32H34BN8O3S. The molecule has 4 aromatic rings. The number of aromatic nitrogens is 4. The Balaban J connectivity index is 1.18. The number of benzene rings is 3. The number of amidine groups is 1. The van der Waals surface area contributed by atoms with Gasteiger partial charge in [-0.05, 0) is 91.6 Å².